The third-order valence-electron chi connectivity index (χ3n) is 4.15. The van der Waals surface area contributed by atoms with Gasteiger partial charge < -0.3 is 4.52 Å². The number of halogens is 2. The smallest absolute Gasteiger partial charge is 0.248 e. The Morgan fingerprint density at radius 2 is 2.05 bits per heavy atom. The molecule has 1 heterocycles. The molecule has 3 rings (SSSR count). The second kappa shape index (κ2) is 4.29. The molecule has 0 radical (unpaired) electrons. The zero-order valence-electron chi connectivity index (χ0n) is 11.1. The highest BCUT2D eigenvalue weighted by molar-refractivity contribution is 5.77. The predicted molar refractivity (Wildman–Crippen MR) is 68.9 cm³/mol. The molecule has 1 saturated carbocycles. The van der Waals surface area contributed by atoms with E-state index in [-0.39, 0.29) is 24.7 Å². The monoisotopic (exact) mass is 265 g/mol. The number of aryl methyl sites for hydroxylation is 2. The molecule has 0 aromatic carbocycles. The van der Waals surface area contributed by atoms with Crippen LogP contribution in [0.1, 0.15) is 36.3 Å². The van der Waals surface area contributed by atoms with Crippen LogP contribution in [0.2, 0.25) is 0 Å². The van der Waals surface area contributed by atoms with Crippen molar-refractivity contribution in [2.45, 2.75) is 39.0 Å². The van der Waals surface area contributed by atoms with E-state index < -0.39 is 5.92 Å². The number of hydrogen-bond donors (Lipinski definition) is 0. The van der Waals surface area contributed by atoms with Gasteiger partial charge in [0.2, 0.25) is 5.92 Å². The largest absolute Gasteiger partial charge is 0.361 e. The molecule has 102 valence electrons. The first-order valence-corrected chi connectivity index (χ1v) is 6.66. The van der Waals surface area contributed by atoms with E-state index in [0.717, 1.165) is 29.0 Å². The number of aromatic nitrogens is 1. The van der Waals surface area contributed by atoms with Gasteiger partial charge in [-0.3, -0.25) is 0 Å². The zero-order valence-corrected chi connectivity index (χ0v) is 11.1. The number of rotatable bonds is 2. The van der Waals surface area contributed by atoms with Gasteiger partial charge in [0, 0.05) is 18.4 Å². The molecular weight excluding hydrogens is 248 g/mol. The summed E-state index contributed by atoms with van der Waals surface area (Å²) < 4.78 is 31.1. The Bertz CT molecular complexity index is 529. The molecule has 1 unspecified atom stereocenters. The Labute approximate surface area is 111 Å². The minimum Gasteiger partial charge on any atom is -0.361 e. The van der Waals surface area contributed by atoms with Crippen LogP contribution in [0, 0.1) is 25.7 Å². The van der Waals surface area contributed by atoms with Gasteiger partial charge in [-0.15, -0.1) is 0 Å². The van der Waals surface area contributed by atoms with Crippen LogP contribution in [0.4, 0.5) is 8.78 Å². The van der Waals surface area contributed by atoms with Crippen LogP contribution in [0.5, 0.6) is 0 Å². The van der Waals surface area contributed by atoms with E-state index in [0.29, 0.717) is 0 Å². The minimum atomic E-state index is -2.44. The number of hydrogen-bond acceptors (Lipinski definition) is 2. The molecule has 0 amide bonds. The van der Waals surface area contributed by atoms with Crippen LogP contribution in [0.3, 0.4) is 0 Å². The lowest BCUT2D eigenvalue weighted by Crippen LogP contribution is -2.39. The van der Waals surface area contributed by atoms with E-state index in [1.165, 1.54) is 0 Å². The molecule has 4 heteroatoms. The average Bonchev–Trinajstić information content (AvgIpc) is 2.66. The second-order valence-electron chi connectivity index (χ2n) is 5.65. The van der Waals surface area contributed by atoms with Crippen molar-refractivity contribution in [1.29, 1.82) is 0 Å². The van der Waals surface area contributed by atoms with Crippen molar-refractivity contribution in [3.63, 3.8) is 0 Å². The Balaban J connectivity index is 1.83. The molecule has 0 aliphatic heterocycles. The predicted octanol–water partition coefficient (Wildman–Crippen LogP) is 4.30. The first-order valence-electron chi connectivity index (χ1n) is 6.66. The molecule has 2 aliphatic carbocycles. The van der Waals surface area contributed by atoms with E-state index in [9.17, 15) is 8.78 Å². The Morgan fingerprint density at radius 3 is 2.63 bits per heavy atom. The van der Waals surface area contributed by atoms with Crippen molar-refractivity contribution in [3.8, 4) is 0 Å². The van der Waals surface area contributed by atoms with Gasteiger partial charge in [-0.05, 0) is 37.7 Å². The highest BCUT2D eigenvalue weighted by Gasteiger charge is 2.47. The lowest BCUT2D eigenvalue weighted by molar-refractivity contribution is -0.120. The molecular formula is C15H17F2NO. The summed E-state index contributed by atoms with van der Waals surface area (Å²) in [6, 6.07) is 0. The van der Waals surface area contributed by atoms with Crippen molar-refractivity contribution in [3.05, 3.63) is 35.2 Å². The summed E-state index contributed by atoms with van der Waals surface area (Å²) in [5.41, 5.74) is 2.92. The second-order valence-corrected chi connectivity index (χ2v) is 5.65. The maximum Gasteiger partial charge on any atom is 0.248 e. The van der Waals surface area contributed by atoms with Gasteiger partial charge in [0.25, 0.3) is 0 Å². The molecule has 0 N–H and O–H groups in total. The van der Waals surface area contributed by atoms with Crippen LogP contribution in [0.15, 0.2) is 22.8 Å². The van der Waals surface area contributed by atoms with Crippen molar-refractivity contribution >= 4 is 5.57 Å². The maximum atomic E-state index is 13.0. The fourth-order valence-corrected chi connectivity index (χ4v) is 3.11. The zero-order chi connectivity index (χ0) is 13.6. The fourth-order valence-electron chi connectivity index (χ4n) is 3.11. The third kappa shape index (κ3) is 2.24. The van der Waals surface area contributed by atoms with Crippen molar-refractivity contribution in [1.82, 2.24) is 5.16 Å². The van der Waals surface area contributed by atoms with Gasteiger partial charge in [0.15, 0.2) is 0 Å². The highest BCUT2D eigenvalue weighted by atomic mass is 19.3. The van der Waals surface area contributed by atoms with Gasteiger partial charge in [0.05, 0.1) is 5.69 Å². The highest BCUT2D eigenvalue weighted by Crippen LogP contribution is 2.48. The number of allylic oxidation sites excluding steroid dienone is 4. The van der Waals surface area contributed by atoms with Crippen molar-refractivity contribution in [2.24, 2.45) is 11.8 Å². The van der Waals surface area contributed by atoms with Gasteiger partial charge >= 0.3 is 0 Å². The molecule has 1 aromatic rings. The molecule has 0 saturated heterocycles. The lowest BCUT2D eigenvalue weighted by atomic mass is 9.70. The Morgan fingerprint density at radius 1 is 1.32 bits per heavy atom. The third-order valence-corrected chi connectivity index (χ3v) is 4.15. The maximum absolute atomic E-state index is 13.0. The van der Waals surface area contributed by atoms with E-state index >= 15 is 0 Å². The summed E-state index contributed by atoms with van der Waals surface area (Å²) in [5, 5.41) is 3.95. The summed E-state index contributed by atoms with van der Waals surface area (Å²) in [5.74, 6) is -1.33. The first kappa shape index (κ1) is 12.6. The lowest BCUT2D eigenvalue weighted by Gasteiger charge is -2.39. The Kier molecular flexibility index (Phi) is 2.84. The topological polar surface area (TPSA) is 26.0 Å². The number of nitrogens with zero attached hydrogens (tertiary/aromatic N) is 1. The molecule has 2 nitrogen and oxygen atoms in total. The van der Waals surface area contributed by atoms with Crippen LogP contribution in [-0.2, 0) is 0 Å². The van der Waals surface area contributed by atoms with Gasteiger partial charge in [-0.25, -0.2) is 8.78 Å². The molecule has 1 fully saturated rings. The van der Waals surface area contributed by atoms with Gasteiger partial charge in [0.1, 0.15) is 5.76 Å². The quantitative estimate of drug-likeness (QED) is 0.797. The molecule has 19 heavy (non-hydrogen) atoms. The first-order chi connectivity index (χ1) is 8.96. The van der Waals surface area contributed by atoms with Crippen LogP contribution in [-0.4, -0.2) is 11.1 Å². The molecule has 2 aliphatic rings. The van der Waals surface area contributed by atoms with E-state index in [2.05, 4.69) is 17.3 Å². The van der Waals surface area contributed by atoms with E-state index in [4.69, 9.17) is 4.52 Å². The van der Waals surface area contributed by atoms with Gasteiger partial charge in [-0.2, -0.15) is 0 Å². The summed E-state index contributed by atoms with van der Waals surface area (Å²) in [4.78, 5) is 0. The molecule has 1 atom stereocenters. The minimum absolute atomic E-state index is 0.0247. The molecule has 0 bridgehead atoms. The fraction of sp³-hybridized carbons (Fsp3) is 0.533. The van der Waals surface area contributed by atoms with Gasteiger partial charge in [-0.1, -0.05) is 23.4 Å². The average molecular weight is 265 g/mol. The normalized spacial score (nSPS) is 26.1. The SMILES string of the molecule is Cc1noc(C)c1C1=CC(C2CC(F)(F)C2)CC=C1. The summed E-state index contributed by atoms with van der Waals surface area (Å²) in [7, 11) is 0. The standard InChI is InChI=1S/C15H17F2NO/c1-9-14(10(2)19-18-9)12-5-3-4-11(6-12)13-7-15(16,17)8-13/h3,5-6,11,13H,4,7-8H2,1-2H3. The van der Waals surface area contributed by atoms with E-state index in [1.807, 2.05) is 19.9 Å². The van der Waals surface area contributed by atoms with Crippen LogP contribution >= 0.6 is 0 Å². The van der Waals surface area contributed by atoms with E-state index in [1.54, 1.807) is 0 Å². The molecule has 0 spiro atoms. The van der Waals surface area contributed by atoms with Crippen LogP contribution in [0.25, 0.3) is 5.57 Å². The van der Waals surface area contributed by atoms with Crippen molar-refractivity contribution in [2.75, 3.05) is 0 Å². The summed E-state index contributed by atoms with van der Waals surface area (Å²) in [6.07, 6.45) is 7.13. The van der Waals surface area contributed by atoms with Crippen molar-refractivity contribution < 1.29 is 13.3 Å². The van der Waals surface area contributed by atoms with Crippen LogP contribution < -0.4 is 0 Å². The molecule has 1 aromatic heterocycles. The summed E-state index contributed by atoms with van der Waals surface area (Å²) >= 11 is 0. The summed E-state index contributed by atoms with van der Waals surface area (Å²) in [6.45, 7) is 3.78. The Hall–Kier alpha value is -1.45. The number of alkyl halides is 2.